The Labute approximate surface area is 146 Å². The SMILES string of the molecule is C=c1ccc2c(c1)P(=O)(O)c1cc(N)ccc1C=2c1ccccc1C. The quantitative estimate of drug-likeness (QED) is 0.521. The summed E-state index contributed by atoms with van der Waals surface area (Å²) < 4.78 is 13.3. The molecule has 1 aliphatic rings. The molecule has 0 fully saturated rings. The maximum absolute atomic E-state index is 13.3. The number of nitrogens with two attached hydrogens (primary N) is 1. The van der Waals surface area contributed by atoms with Crippen LogP contribution < -0.4 is 26.8 Å². The van der Waals surface area contributed by atoms with Crippen molar-refractivity contribution in [1.82, 2.24) is 0 Å². The third kappa shape index (κ3) is 2.36. The van der Waals surface area contributed by atoms with Crippen LogP contribution in [0.2, 0.25) is 0 Å². The van der Waals surface area contributed by atoms with E-state index < -0.39 is 7.37 Å². The van der Waals surface area contributed by atoms with Gasteiger partial charge in [0, 0.05) is 11.0 Å². The van der Waals surface area contributed by atoms with Crippen LogP contribution in [-0.4, -0.2) is 4.89 Å². The van der Waals surface area contributed by atoms with Crippen molar-refractivity contribution in [2.75, 3.05) is 5.73 Å². The smallest absolute Gasteiger partial charge is 0.260 e. The molecule has 1 atom stereocenters. The van der Waals surface area contributed by atoms with Crippen LogP contribution >= 0.6 is 7.37 Å². The fourth-order valence-corrected chi connectivity index (χ4v) is 5.42. The molecule has 1 aliphatic heterocycles. The highest BCUT2D eigenvalue weighted by molar-refractivity contribution is 7.73. The minimum atomic E-state index is -3.73. The van der Waals surface area contributed by atoms with E-state index in [2.05, 4.69) is 6.58 Å². The van der Waals surface area contributed by atoms with E-state index in [-0.39, 0.29) is 0 Å². The molecule has 124 valence electrons. The summed E-state index contributed by atoms with van der Waals surface area (Å²) in [7, 11) is -3.73. The maximum Gasteiger partial charge on any atom is 0.260 e. The average Bonchev–Trinajstić information content (AvgIpc) is 2.58. The van der Waals surface area contributed by atoms with E-state index in [0.29, 0.717) is 21.5 Å². The van der Waals surface area contributed by atoms with Crippen molar-refractivity contribution >= 4 is 35.8 Å². The van der Waals surface area contributed by atoms with Crippen LogP contribution in [0.4, 0.5) is 5.69 Å². The van der Waals surface area contributed by atoms with E-state index in [1.165, 1.54) is 0 Å². The summed E-state index contributed by atoms with van der Waals surface area (Å²) in [6.07, 6.45) is 0. The summed E-state index contributed by atoms with van der Waals surface area (Å²) in [6.45, 7) is 5.96. The van der Waals surface area contributed by atoms with E-state index >= 15 is 0 Å². The van der Waals surface area contributed by atoms with Crippen molar-refractivity contribution in [3.8, 4) is 0 Å². The van der Waals surface area contributed by atoms with Gasteiger partial charge in [0.25, 0.3) is 7.37 Å². The predicted molar refractivity (Wildman–Crippen MR) is 104 cm³/mol. The molecule has 4 heteroatoms. The highest BCUT2D eigenvalue weighted by Crippen LogP contribution is 2.43. The number of fused-ring (bicyclic) bond motifs is 2. The van der Waals surface area contributed by atoms with Crippen LogP contribution in [0.3, 0.4) is 0 Å². The van der Waals surface area contributed by atoms with Crippen molar-refractivity contribution < 1.29 is 9.46 Å². The number of rotatable bonds is 1. The molecule has 1 unspecified atom stereocenters. The van der Waals surface area contributed by atoms with Gasteiger partial charge in [0.2, 0.25) is 0 Å². The molecule has 0 aromatic heterocycles. The molecule has 1 heterocycles. The molecule has 0 saturated heterocycles. The minimum Gasteiger partial charge on any atom is -0.399 e. The molecule has 0 spiro atoms. The van der Waals surface area contributed by atoms with Gasteiger partial charge in [-0.15, -0.1) is 0 Å². The van der Waals surface area contributed by atoms with Gasteiger partial charge in [-0.05, 0) is 57.8 Å². The number of hydrogen-bond donors (Lipinski definition) is 2. The second kappa shape index (κ2) is 5.45. The first-order chi connectivity index (χ1) is 11.9. The van der Waals surface area contributed by atoms with Gasteiger partial charge >= 0.3 is 0 Å². The first kappa shape index (κ1) is 15.9. The largest absolute Gasteiger partial charge is 0.399 e. The molecule has 0 bridgehead atoms. The molecule has 3 aromatic carbocycles. The second-order valence-electron chi connectivity index (χ2n) is 6.39. The monoisotopic (exact) mass is 347 g/mol. The van der Waals surface area contributed by atoms with Gasteiger partial charge in [0.1, 0.15) is 0 Å². The highest BCUT2D eigenvalue weighted by Gasteiger charge is 2.34. The fraction of sp³-hybridized carbons (Fsp3) is 0.0476. The molecule has 3 nitrogen and oxygen atoms in total. The molecule has 0 aliphatic carbocycles. The fourth-order valence-electron chi connectivity index (χ4n) is 3.47. The van der Waals surface area contributed by atoms with Crippen molar-refractivity contribution in [3.05, 3.63) is 87.8 Å². The predicted octanol–water partition coefficient (Wildman–Crippen LogP) is 1.77. The lowest BCUT2D eigenvalue weighted by atomic mass is 9.92. The Kier molecular flexibility index (Phi) is 3.47. The Hall–Kier alpha value is -2.61. The number of aryl methyl sites for hydroxylation is 1. The number of benzene rings is 3. The van der Waals surface area contributed by atoms with Crippen LogP contribution in [-0.2, 0) is 4.57 Å². The van der Waals surface area contributed by atoms with Gasteiger partial charge in [-0.3, -0.25) is 4.57 Å². The average molecular weight is 347 g/mol. The zero-order valence-corrected chi connectivity index (χ0v) is 14.8. The molecular formula is C21H18NO2P. The summed E-state index contributed by atoms with van der Waals surface area (Å²) >= 11 is 0. The van der Waals surface area contributed by atoms with E-state index in [1.807, 2.05) is 49.4 Å². The van der Waals surface area contributed by atoms with Crippen LogP contribution in [0.5, 0.6) is 0 Å². The maximum atomic E-state index is 13.3. The first-order valence-corrected chi connectivity index (χ1v) is 9.69. The summed E-state index contributed by atoms with van der Waals surface area (Å²) in [5.74, 6) is 0. The molecular weight excluding hydrogens is 329 g/mol. The molecule has 0 saturated carbocycles. The molecule has 0 amide bonds. The Morgan fingerprint density at radius 2 is 1.72 bits per heavy atom. The Morgan fingerprint density at radius 1 is 0.960 bits per heavy atom. The summed E-state index contributed by atoms with van der Waals surface area (Å²) in [5, 5.41) is 2.31. The van der Waals surface area contributed by atoms with Crippen LogP contribution in [0, 0.1) is 6.92 Å². The topological polar surface area (TPSA) is 63.3 Å². The summed E-state index contributed by atoms with van der Waals surface area (Å²) in [6, 6.07) is 18.8. The Morgan fingerprint density at radius 3 is 2.48 bits per heavy atom. The zero-order valence-electron chi connectivity index (χ0n) is 13.9. The van der Waals surface area contributed by atoms with E-state index in [1.54, 1.807) is 18.2 Å². The van der Waals surface area contributed by atoms with Gasteiger partial charge < -0.3 is 10.6 Å². The van der Waals surface area contributed by atoms with E-state index in [4.69, 9.17) is 5.73 Å². The summed E-state index contributed by atoms with van der Waals surface area (Å²) in [5.41, 5.74) is 10.3. The molecule has 0 radical (unpaired) electrons. The lowest BCUT2D eigenvalue weighted by molar-refractivity contribution is 0.500. The van der Waals surface area contributed by atoms with Gasteiger partial charge in [-0.1, -0.05) is 49.0 Å². The molecule has 3 aromatic rings. The third-order valence-electron chi connectivity index (χ3n) is 4.69. The van der Waals surface area contributed by atoms with Crippen LogP contribution in [0.15, 0.2) is 60.7 Å². The van der Waals surface area contributed by atoms with E-state index in [9.17, 15) is 9.46 Å². The minimum absolute atomic E-state index is 0.392. The molecule has 25 heavy (non-hydrogen) atoms. The van der Waals surface area contributed by atoms with Crippen molar-refractivity contribution in [3.63, 3.8) is 0 Å². The Balaban J connectivity index is 2.27. The Bertz CT molecular complexity index is 1180. The second-order valence-corrected chi connectivity index (χ2v) is 8.51. The first-order valence-electron chi connectivity index (χ1n) is 8.03. The van der Waals surface area contributed by atoms with Gasteiger partial charge in [-0.25, -0.2) is 0 Å². The standard InChI is InChI=1S/C21H18NO2P/c1-13-7-9-17-19(11-13)25(23,24)20-12-15(22)8-10-18(20)21(17)16-6-4-3-5-14(16)2/h3-12H,1,22H2,2H3,(H,23,24). The van der Waals surface area contributed by atoms with Crippen LogP contribution in [0.1, 0.15) is 16.7 Å². The van der Waals surface area contributed by atoms with E-state index in [0.717, 1.165) is 27.5 Å². The van der Waals surface area contributed by atoms with Crippen molar-refractivity contribution in [2.45, 2.75) is 6.92 Å². The third-order valence-corrected chi connectivity index (χ3v) is 6.74. The normalized spacial score (nSPS) is 18.6. The lowest BCUT2D eigenvalue weighted by Gasteiger charge is -2.26. The van der Waals surface area contributed by atoms with Gasteiger partial charge in [0.15, 0.2) is 0 Å². The zero-order chi connectivity index (χ0) is 17.8. The molecule has 4 rings (SSSR count). The van der Waals surface area contributed by atoms with Crippen LogP contribution in [0.25, 0.3) is 12.2 Å². The highest BCUT2D eigenvalue weighted by atomic mass is 31.2. The number of anilines is 1. The van der Waals surface area contributed by atoms with Gasteiger partial charge in [0.05, 0.1) is 5.30 Å². The van der Waals surface area contributed by atoms with Gasteiger partial charge in [-0.2, -0.15) is 0 Å². The van der Waals surface area contributed by atoms with Crippen molar-refractivity contribution in [1.29, 1.82) is 0 Å². The van der Waals surface area contributed by atoms with Crippen molar-refractivity contribution in [2.24, 2.45) is 0 Å². The number of hydrogen-bond acceptors (Lipinski definition) is 2. The summed E-state index contributed by atoms with van der Waals surface area (Å²) in [4.78, 5) is 10.9. The number of nitrogen functional groups attached to an aromatic ring is 1. The molecule has 3 N–H and O–H groups in total. The lowest BCUT2D eigenvalue weighted by Crippen LogP contribution is -2.39.